The highest BCUT2D eigenvalue weighted by atomic mass is 32.1. The first kappa shape index (κ1) is 17.0. The van der Waals surface area contributed by atoms with E-state index in [-0.39, 0.29) is 30.5 Å². The van der Waals surface area contributed by atoms with Crippen molar-refractivity contribution in [3.63, 3.8) is 0 Å². The molecule has 0 bridgehead atoms. The van der Waals surface area contributed by atoms with E-state index in [1.807, 2.05) is 0 Å². The minimum absolute atomic E-state index is 0.139. The third-order valence-electron chi connectivity index (χ3n) is 3.97. The summed E-state index contributed by atoms with van der Waals surface area (Å²) < 4.78 is 11.5. The van der Waals surface area contributed by atoms with E-state index in [1.54, 1.807) is 48.5 Å². The molecule has 0 fully saturated rings. The molecule has 3 aromatic heterocycles. The fraction of sp³-hybridized carbons (Fsp3) is 0.105. The van der Waals surface area contributed by atoms with Gasteiger partial charge in [0.25, 0.3) is 0 Å². The Balaban J connectivity index is 1.40. The molecule has 1 amide bonds. The molecule has 0 aliphatic heterocycles. The summed E-state index contributed by atoms with van der Waals surface area (Å²) in [5.41, 5.74) is 1.01. The van der Waals surface area contributed by atoms with E-state index in [0.29, 0.717) is 16.0 Å². The van der Waals surface area contributed by atoms with Crippen molar-refractivity contribution >= 4 is 34.1 Å². The SMILES string of the molecule is O=C(Cn1c(=O)oc2ccccc21)NCc1ccc(C(=O)c2ccco2)s1. The molecular formula is C19H14N2O5S. The molecule has 27 heavy (non-hydrogen) atoms. The number of oxazole rings is 1. The lowest BCUT2D eigenvalue weighted by Crippen LogP contribution is -2.30. The number of thiophene rings is 1. The van der Waals surface area contributed by atoms with Crippen LogP contribution in [-0.4, -0.2) is 16.3 Å². The van der Waals surface area contributed by atoms with Gasteiger partial charge in [-0.15, -0.1) is 11.3 Å². The molecule has 0 saturated carbocycles. The first-order valence-corrected chi connectivity index (χ1v) is 8.95. The van der Waals surface area contributed by atoms with Crippen LogP contribution in [0.25, 0.3) is 11.1 Å². The van der Waals surface area contributed by atoms with Crippen LogP contribution < -0.4 is 11.1 Å². The van der Waals surface area contributed by atoms with E-state index in [0.717, 1.165) is 4.88 Å². The average molecular weight is 382 g/mol. The molecule has 0 aliphatic rings. The predicted octanol–water partition coefficient (Wildman–Crippen LogP) is 2.80. The number of fused-ring (bicyclic) bond motifs is 1. The van der Waals surface area contributed by atoms with Gasteiger partial charge in [0.05, 0.1) is 23.2 Å². The Labute approximate surface area is 156 Å². The summed E-state index contributed by atoms with van der Waals surface area (Å²) in [6.45, 7) is 0.124. The van der Waals surface area contributed by atoms with Gasteiger partial charge < -0.3 is 14.2 Å². The molecular weight excluding hydrogens is 368 g/mol. The predicted molar refractivity (Wildman–Crippen MR) is 98.8 cm³/mol. The summed E-state index contributed by atoms with van der Waals surface area (Å²) in [7, 11) is 0. The van der Waals surface area contributed by atoms with Crippen molar-refractivity contribution in [2.45, 2.75) is 13.1 Å². The van der Waals surface area contributed by atoms with Crippen molar-refractivity contribution < 1.29 is 18.4 Å². The lowest BCUT2D eigenvalue weighted by molar-refractivity contribution is -0.121. The zero-order valence-corrected chi connectivity index (χ0v) is 14.8. The van der Waals surface area contributed by atoms with Crippen LogP contribution in [0, 0.1) is 0 Å². The largest absolute Gasteiger partial charge is 0.461 e. The van der Waals surface area contributed by atoms with Gasteiger partial charge in [0.2, 0.25) is 11.7 Å². The van der Waals surface area contributed by atoms with Gasteiger partial charge in [0.1, 0.15) is 6.54 Å². The Morgan fingerprint density at radius 1 is 1.07 bits per heavy atom. The highest BCUT2D eigenvalue weighted by Crippen LogP contribution is 2.20. The number of ketones is 1. The number of hydrogen-bond acceptors (Lipinski definition) is 6. The van der Waals surface area contributed by atoms with E-state index in [4.69, 9.17) is 8.83 Å². The molecule has 1 N–H and O–H groups in total. The van der Waals surface area contributed by atoms with Gasteiger partial charge in [-0.25, -0.2) is 4.79 Å². The lowest BCUT2D eigenvalue weighted by atomic mass is 10.2. The van der Waals surface area contributed by atoms with Crippen LogP contribution in [0.4, 0.5) is 0 Å². The van der Waals surface area contributed by atoms with Crippen LogP contribution in [0.2, 0.25) is 0 Å². The quantitative estimate of drug-likeness (QED) is 0.518. The number of furan rings is 1. The number of nitrogens with zero attached hydrogens (tertiary/aromatic N) is 1. The van der Waals surface area contributed by atoms with Crippen LogP contribution in [0.3, 0.4) is 0 Å². The number of rotatable bonds is 6. The molecule has 4 rings (SSSR count). The summed E-state index contributed by atoms with van der Waals surface area (Å²) >= 11 is 1.28. The first-order valence-electron chi connectivity index (χ1n) is 8.14. The fourth-order valence-corrected chi connectivity index (χ4v) is 3.57. The lowest BCUT2D eigenvalue weighted by Gasteiger charge is -2.04. The monoisotopic (exact) mass is 382 g/mol. The smallest absolute Gasteiger partial charge is 0.420 e. The summed E-state index contributed by atoms with van der Waals surface area (Å²) in [4.78, 5) is 37.7. The third kappa shape index (κ3) is 3.47. The maximum atomic E-state index is 12.2. The molecule has 8 heteroatoms. The van der Waals surface area contributed by atoms with Gasteiger partial charge in [-0.2, -0.15) is 0 Å². The van der Waals surface area contributed by atoms with Gasteiger partial charge in [0.15, 0.2) is 11.3 Å². The van der Waals surface area contributed by atoms with Gasteiger partial charge in [-0.3, -0.25) is 14.2 Å². The minimum Gasteiger partial charge on any atom is -0.461 e. The average Bonchev–Trinajstić information content (AvgIpc) is 3.41. The topological polar surface area (TPSA) is 94.5 Å². The second-order valence-corrected chi connectivity index (χ2v) is 6.94. The minimum atomic E-state index is -0.575. The van der Waals surface area contributed by atoms with Gasteiger partial charge >= 0.3 is 5.76 Å². The van der Waals surface area contributed by atoms with E-state index in [1.165, 1.54) is 22.2 Å². The number of carbonyl (C=O) groups is 2. The van der Waals surface area contributed by atoms with E-state index in [2.05, 4.69) is 5.32 Å². The Bertz CT molecular complexity index is 1170. The molecule has 4 aromatic rings. The standard InChI is InChI=1S/C19H14N2O5S/c22-17(11-21-13-4-1-2-5-14(13)26-19(21)24)20-10-12-7-8-16(27-12)18(23)15-6-3-9-25-15/h1-9H,10-11H2,(H,20,22). The number of aromatic nitrogens is 1. The first-order chi connectivity index (χ1) is 13.1. The highest BCUT2D eigenvalue weighted by Gasteiger charge is 2.15. The zero-order chi connectivity index (χ0) is 18.8. The molecule has 0 atom stereocenters. The van der Waals surface area contributed by atoms with Crippen molar-refractivity contribution in [2.75, 3.05) is 0 Å². The molecule has 7 nitrogen and oxygen atoms in total. The Morgan fingerprint density at radius 3 is 2.74 bits per heavy atom. The second-order valence-electron chi connectivity index (χ2n) is 5.77. The van der Waals surface area contributed by atoms with E-state index >= 15 is 0 Å². The van der Waals surface area contributed by atoms with Crippen LogP contribution in [0.15, 0.2) is 68.4 Å². The van der Waals surface area contributed by atoms with Crippen molar-refractivity contribution in [3.05, 3.63) is 80.9 Å². The number of amides is 1. The van der Waals surface area contributed by atoms with Crippen molar-refractivity contribution in [2.24, 2.45) is 0 Å². The number of para-hydroxylation sites is 2. The Kier molecular flexibility index (Phi) is 4.47. The summed E-state index contributed by atoms with van der Waals surface area (Å²) in [6.07, 6.45) is 1.45. The molecule has 0 aliphatic carbocycles. The molecule has 0 saturated heterocycles. The van der Waals surface area contributed by atoms with Crippen molar-refractivity contribution in [3.8, 4) is 0 Å². The number of nitrogens with one attached hydrogen (secondary N) is 1. The third-order valence-corrected chi connectivity index (χ3v) is 5.05. The number of benzene rings is 1. The summed E-state index contributed by atoms with van der Waals surface area (Å²) in [5.74, 6) is -0.817. The molecule has 1 aromatic carbocycles. The van der Waals surface area contributed by atoms with Gasteiger partial charge in [-0.1, -0.05) is 12.1 Å². The Morgan fingerprint density at radius 2 is 1.93 bits per heavy atom. The fourth-order valence-electron chi connectivity index (χ4n) is 2.67. The maximum absolute atomic E-state index is 12.2. The van der Waals surface area contributed by atoms with Crippen molar-refractivity contribution in [1.82, 2.24) is 9.88 Å². The summed E-state index contributed by atoms with van der Waals surface area (Å²) in [6, 6.07) is 13.7. The molecule has 0 unspecified atom stereocenters. The van der Waals surface area contributed by atoms with Gasteiger partial charge in [-0.05, 0) is 36.4 Å². The zero-order valence-electron chi connectivity index (χ0n) is 14.0. The maximum Gasteiger partial charge on any atom is 0.420 e. The molecule has 0 spiro atoms. The van der Waals surface area contributed by atoms with Crippen molar-refractivity contribution in [1.29, 1.82) is 0 Å². The highest BCUT2D eigenvalue weighted by molar-refractivity contribution is 7.14. The molecule has 136 valence electrons. The van der Waals surface area contributed by atoms with Crippen LogP contribution in [0.5, 0.6) is 0 Å². The normalized spacial score (nSPS) is 11.0. The van der Waals surface area contributed by atoms with E-state index in [9.17, 15) is 14.4 Å². The summed E-state index contributed by atoms with van der Waals surface area (Å²) in [5, 5.41) is 2.75. The Hall–Kier alpha value is -3.39. The van der Waals surface area contributed by atoms with E-state index < -0.39 is 5.76 Å². The molecule has 3 heterocycles. The number of hydrogen-bond donors (Lipinski definition) is 1. The van der Waals surface area contributed by atoms with Crippen LogP contribution in [-0.2, 0) is 17.9 Å². The van der Waals surface area contributed by atoms with Crippen LogP contribution >= 0.6 is 11.3 Å². The number of carbonyl (C=O) groups excluding carboxylic acids is 2. The second kappa shape index (κ2) is 7.08. The molecule has 0 radical (unpaired) electrons. The van der Waals surface area contributed by atoms with Gasteiger partial charge in [0, 0.05) is 4.88 Å². The van der Waals surface area contributed by atoms with Crippen LogP contribution in [0.1, 0.15) is 20.3 Å².